The quantitative estimate of drug-likeness (QED) is 0.910. The Morgan fingerprint density at radius 1 is 1.00 bits per heavy atom. The van der Waals surface area contributed by atoms with Crippen LogP contribution in [0.1, 0.15) is 17.2 Å². The number of hydrogen-bond donors (Lipinski definition) is 2. The van der Waals surface area contributed by atoms with E-state index in [9.17, 15) is 10.2 Å². The zero-order valence-electron chi connectivity index (χ0n) is 12.2. The van der Waals surface area contributed by atoms with Gasteiger partial charge in [0.05, 0.1) is 14.2 Å². The zero-order chi connectivity index (χ0) is 15.7. The van der Waals surface area contributed by atoms with Crippen molar-refractivity contribution in [2.24, 2.45) is 0 Å². The van der Waals surface area contributed by atoms with Crippen molar-refractivity contribution in [1.29, 1.82) is 0 Å². The Morgan fingerprint density at radius 3 is 2.50 bits per heavy atom. The maximum absolute atomic E-state index is 9.84. The van der Waals surface area contributed by atoms with Crippen molar-refractivity contribution in [3.63, 3.8) is 0 Å². The van der Waals surface area contributed by atoms with E-state index in [2.05, 4.69) is 0 Å². The maximum Gasteiger partial charge on any atom is 0.203 e. The molecule has 0 bridgehead atoms. The van der Waals surface area contributed by atoms with E-state index in [4.69, 9.17) is 14.2 Å². The smallest absolute Gasteiger partial charge is 0.203 e. The van der Waals surface area contributed by atoms with E-state index in [1.54, 1.807) is 30.3 Å². The molecule has 2 aromatic rings. The number of phenolic OH excluding ortho intramolecular Hbond substituents is 2. The van der Waals surface area contributed by atoms with Crippen molar-refractivity contribution in [2.45, 2.75) is 6.10 Å². The molecule has 2 N–H and O–H groups in total. The summed E-state index contributed by atoms with van der Waals surface area (Å²) in [6.07, 6.45) is 3.36. The van der Waals surface area contributed by atoms with Gasteiger partial charge in [0.2, 0.25) is 5.75 Å². The molecule has 0 fully saturated rings. The van der Waals surface area contributed by atoms with Crippen LogP contribution in [0.4, 0.5) is 0 Å². The van der Waals surface area contributed by atoms with Crippen LogP contribution in [0.5, 0.6) is 28.7 Å². The summed E-state index contributed by atoms with van der Waals surface area (Å²) < 4.78 is 16.5. The number of hydrogen-bond acceptors (Lipinski definition) is 5. The minimum Gasteiger partial charge on any atom is -0.508 e. The van der Waals surface area contributed by atoms with Gasteiger partial charge in [-0.2, -0.15) is 0 Å². The Kier molecular flexibility index (Phi) is 3.55. The lowest BCUT2D eigenvalue weighted by atomic mass is 10.0. The number of fused-ring (bicyclic) bond motifs is 1. The molecule has 5 heteroatoms. The first-order chi connectivity index (χ1) is 10.6. The molecule has 1 atom stereocenters. The molecule has 114 valence electrons. The molecule has 0 unspecified atom stereocenters. The normalized spacial score (nSPS) is 15.8. The standard InChI is InChI=1S/C17H16O5/c1-20-16-12(5-6-13(19)17(16)21-2)15-7-3-10-9-11(18)4-8-14(10)22-15/h3-9,15,18-19H,1-2H3/t15-/m1/s1. The lowest BCUT2D eigenvalue weighted by Gasteiger charge is -2.24. The molecule has 1 aliphatic rings. The van der Waals surface area contributed by atoms with E-state index in [1.165, 1.54) is 14.2 Å². The van der Waals surface area contributed by atoms with E-state index in [0.717, 1.165) is 11.1 Å². The van der Waals surface area contributed by atoms with Crippen LogP contribution in [0.2, 0.25) is 0 Å². The van der Waals surface area contributed by atoms with Crippen LogP contribution in [0.25, 0.3) is 6.08 Å². The minimum atomic E-state index is -0.374. The van der Waals surface area contributed by atoms with Gasteiger partial charge in [-0.25, -0.2) is 0 Å². The fraction of sp³-hybridized carbons (Fsp3) is 0.176. The molecule has 22 heavy (non-hydrogen) atoms. The molecular formula is C17H16O5. The van der Waals surface area contributed by atoms with E-state index in [1.807, 2.05) is 12.2 Å². The number of benzene rings is 2. The van der Waals surface area contributed by atoms with Crippen molar-refractivity contribution in [3.8, 4) is 28.7 Å². The van der Waals surface area contributed by atoms with Crippen LogP contribution in [-0.2, 0) is 0 Å². The van der Waals surface area contributed by atoms with Crippen molar-refractivity contribution in [1.82, 2.24) is 0 Å². The fourth-order valence-electron chi connectivity index (χ4n) is 2.51. The molecule has 0 spiro atoms. The van der Waals surface area contributed by atoms with Crippen molar-refractivity contribution >= 4 is 6.08 Å². The van der Waals surface area contributed by atoms with Gasteiger partial charge in [-0.15, -0.1) is 0 Å². The van der Waals surface area contributed by atoms with Crippen molar-refractivity contribution in [2.75, 3.05) is 14.2 Å². The lowest BCUT2D eigenvalue weighted by molar-refractivity contribution is 0.241. The average Bonchev–Trinajstić information content (AvgIpc) is 2.54. The molecule has 0 saturated heterocycles. The largest absolute Gasteiger partial charge is 0.508 e. The van der Waals surface area contributed by atoms with Gasteiger partial charge in [0.15, 0.2) is 11.5 Å². The summed E-state index contributed by atoms with van der Waals surface area (Å²) in [6.45, 7) is 0. The van der Waals surface area contributed by atoms with Gasteiger partial charge in [0, 0.05) is 11.1 Å². The second kappa shape index (κ2) is 5.52. The summed E-state index contributed by atoms with van der Waals surface area (Å²) in [7, 11) is 2.98. The van der Waals surface area contributed by atoms with Crippen LogP contribution in [0.15, 0.2) is 36.4 Å². The Bertz CT molecular complexity index is 736. The van der Waals surface area contributed by atoms with Crippen LogP contribution in [0, 0.1) is 0 Å². The summed E-state index contributed by atoms with van der Waals surface area (Å²) in [5.74, 6) is 1.56. The van der Waals surface area contributed by atoms with Gasteiger partial charge in [0.25, 0.3) is 0 Å². The maximum atomic E-state index is 9.84. The van der Waals surface area contributed by atoms with Gasteiger partial charge in [-0.3, -0.25) is 0 Å². The van der Waals surface area contributed by atoms with Gasteiger partial charge in [-0.1, -0.05) is 6.08 Å². The molecule has 5 nitrogen and oxygen atoms in total. The van der Waals surface area contributed by atoms with Crippen molar-refractivity contribution < 1.29 is 24.4 Å². The number of ether oxygens (including phenoxy) is 3. The first kappa shape index (κ1) is 14.1. The predicted molar refractivity (Wildman–Crippen MR) is 81.7 cm³/mol. The SMILES string of the molecule is COc1c(O)ccc([C@H]2C=Cc3cc(O)ccc3O2)c1OC. The second-order valence-corrected chi connectivity index (χ2v) is 4.86. The molecule has 0 saturated carbocycles. The Hall–Kier alpha value is -2.82. The van der Waals surface area contributed by atoms with Crippen LogP contribution >= 0.6 is 0 Å². The molecule has 0 amide bonds. The summed E-state index contributed by atoms with van der Waals surface area (Å²) >= 11 is 0. The highest BCUT2D eigenvalue weighted by Crippen LogP contribution is 2.44. The second-order valence-electron chi connectivity index (χ2n) is 4.86. The summed E-state index contributed by atoms with van der Waals surface area (Å²) in [6, 6.07) is 8.20. The highest BCUT2D eigenvalue weighted by molar-refractivity contribution is 5.64. The number of phenols is 2. The molecule has 0 aromatic heterocycles. The Labute approximate surface area is 128 Å². The third-order valence-electron chi connectivity index (χ3n) is 3.53. The minimum absolute atomic E-state index is 0.00760. The summed E-state index contributed by atoms with van der Waals surface area (Å²) in [4.78, 5) is 0. The molecule has 3 rings (SSSR count). The van der Waals surface area contributed by atoms with E-state index in [-0.39, 0.29) is 23.4 Å². The molecule has 0 aliphatic carbocycles. The summed E-state index contributed by atoms with van der Waals surface area (Å²) in [5, 5.41) is 19.3. The molecular weight excluding hydrogens is 284 g/mol. The first-order valence-electron chi connectivity index (χ1n) is 6.75. The lowest BCUT2D eigenvalue weighted by Crippen LogP contribution is -2.10. The van der Waals surface area contributed by atoms with Crippen molar-refractivity contribution in [3.05, 3.63) is 47.5 Å². The molecule has 0 radical (unpaired) electrons. The number of rotatable bonds is 3. The first-order valence-corrected chi connectivity index (χ1v) is 6.75. The van der Waals surface area contributed by atoms with E-state index < -0.39 is 0 Å². The highest BCUT2D eigenvalue weighted by Gasteiger charge is 2.24. The average molecular weight is 300 g/mol. The van der Waals surface area contributed by atoms with Gasteiger partial charge in [-0.05, 0) is 36.4 Å². The van der Waals surface area contributed by atoms with Gasteiger partial charge in [0.1, 0.15) is 17.6 Å². The topological polar surface area (TPSA) is 68.2 Å². The Balaban J connectivity index is 2.02. The monoisotopic (exact) mass is 300 g/mol. The van der Waals surface area contributed by atoms with Gasteiger partial charge >= 0.3 is 0 Å². The Morgan fingerprint density at radius 2 is 1.77 bits per heavy atom. The van der Waals surface area contributed by atoms with Crippen LogP contribution in [0.3, 0.4) is 0 Å². The predicted octanol–water partition coefficient (Wildman–Crippen LogP) is 3.26. The van der Waals surface area contributed by atoms with E-state index >= 15 is 0 Å². The zero-order valence-corrected chi connectivity index (χ0v) is 12.2. The third kappa shape index (κ3) is 2.30. The fourth-order valence-corrected chi connectivity index (χ4v) is 2.51. The van der Waals surface area contributed by atoms with E-state index in [0.29, 0.717) is 11.5 Å². The van der Waals surface area contributed by atoms with Crippen LogP contribution < -0.4 is 14.2 Å². The number of aromatic hydroxyl groups is 2. The summed E-state index contributed by atoms with van der Waals surface area (Å²) in [5.41, 5.74) is 1.55. The highest BCUT2D eigenvalue weighted by atomic mass is 16.5. The molecule has 1 heterocycles. The third-order valence-corrected chi connectivity index (χ3v) is 3.53. The van der Waals surface area contributed by atoms with Crippen LogP contribution in [-0.4, -0.2) is 24.4 Å². The van der Waals surface area contributed by atoms with Gasteiger partial charge < -0.3 is 24.4 Å². The molecule has 1 aliphatic heterocycles. The molecule has 2 aromatic carbocycles. The number of methoxy groups -OCH3 is 2.